The van der Waals surface area contributed by atoms with Gasteiger partial charge in [0.2, 0.25) is 5.91 Å². The van der Waals surface area contributed by atoms with Gasteiger partial charge in [0, 0.05) is 18.0 Å². The van der Waals surface area contributed by atoms with Gasteiger partial charge in [0.25, 0.3) is 0 Å². The van der Waals surface area contributed by atoms with E-state index in [0.29, 0.717) is 6.42 Å². The van der Waals surface area contributed by atoms with Crippen molar-refractivity contribution in [1.82, 2.24) is 5.32 Å². The number of benzene rings is 1. The van der Waals surface area contributed by atoms with Crippen molar-refractivity contribution in [2.24, 2.45) is 0 Å². The van der Waals surface area contributed by atoms with Gasteiger partial charge < -0.3 is 14.8 Å². The Labute approximate surface area is 107 Å². The average molecular weight is 249 g/mol. The van der Waals surface area contributed by atoms with E-state index in [-0.39, 0.29) is 11.4 Å². The number of carbonyl (C=O) groups is 1. The Bertz CT molecular complexity index is 458. The Balaban J connectivity index is 2.21. The van der Waals surface area contributed by atoms with Crippen molar-refractivity contribution in [3.8, 4) is 11.5 Å². The van der Waals surface area contributed by atoms with Crippen LogP contribution in [0.5, 0.6) is 11.5 Å². The van der Waals surface area contributed by atoms with Gasteiger partial charge in [-0.05, 0) is 31.4 Å². The maximum atomic E-state index is 11.3. The fourth-order valence-corrected chi connectivity index (χ4v) is 2.40. The average Bonchev–Trinajstić information content (AvgIpc) is 2.69. The SMILES string of the molecule is COc1ccc(CC2(C)CCC(=O)N2)c(OC)c1. The minimum atomic E-state index is -0.168. The molecule has 2 rings (SSSR count). The molecule has 1 heterocycles. The smallest absolute Gasteiger partial charge is 0.220 e. The van der Waals surface area contributed by atoms with E-state index in [0.717, 1.165) is 29.9 Å². The van der Waals surface area contributed by atoms with Crippen LogP contribution in [-0.4, -0.2) is 25.7 Å². The third kappa shape index (κ3) is 2.58. The highest BCUT2D eigenvalue weighted by Crippen LogP contribution is 2.31. The highest BCUT2D eigenvalue weighted by molar-refractivity contribution is 5.79. The molecular weight excluding hydrogens is 230 g/mol. The van der Waals surface area contributed by atoms with Crippen LogP contribution < -0.4 is 14.8 Å². The molecule has 0 aromatic heterocycles. The van der Waals surface area contributed by atoms with Crippen molar-refractivity contribution in [2.45, 2.75) is 31.7 Å². The zero-order chi connectivity index (χ0) is 13.2. The van der Waals surface area contributed by atoms with Crippen LogP contribution in [0, 0.1) is 0 Å². The Kier molecular flexibility index (Phi) is 3.45. The van der Waals surface area contributed by atoms with E-state index in [1.54, 1.807) is 14.2 Å². The lowest BCUT2D eigenvalue weighted by Crippen LogP contribution is -2.40. The molecule has 0 radical (unpaired) electrons. The topological polar surface area (TPSA) is 47.6 Å². The van der Waals surface area contributed by atoms with Crippen LogP contribution in [0.3, 0.4) is 0 Å². The van der Waals surface area contributed by atoms with Gasteiger partial charge in [-0.3, -0.25) is 4.79 Å². The maximum absolute atomic E-state index is 11.3. The molecule has 1 fully saturated rings. The zero-order valence-corrected chi connectivity index (χ0v) is 11.1. The van der Waals surface area contributed by atoms with Gasteiger partial charge in [0.15, 0.2) is 0 Å². The van der Waals surface area contributed by atoms with E-state index < -0.39 is 0 Å². The van der Waals surface area contributed by atoms with Crippen molar-refractivity contribution in [3.63, 3.8) is 0 Å². The zero-order valence-electron chi connectivity index (χ0n) is 11.1. The number of amides is 1. The number of hydrogen-bond acceptors (Lipinski definition) is 3. The van der Waals surface area contributed by atoms with E-state index >= 15 is 0 Å². The Hall–Kier alpha value is -1.71. The van der Waals surface area contributed by atoms with Crippen molar-refractivity contribution in [1.29, 1.82) is 0 Å². The fraction of sp³-hybridized carbons (Fsp3) is 0.500. The first-order valence-electron chi connectivity index (χ1n) is 6.08. The van der Waals surface area contributed by atoms with Gasteiger partial charge in [-0.1, -0.05) is 6.07 Å². The first kappa shape index (κ1) is 12.7. The summed E-state index contributed by atoms with van der Waals surface area (Å²) >= 11 is 0. The number of hydrogen-bond donors (Lipinski definition) is 1. The first-order chi connectivity index (χ1) is 8.56. The molecule has 1 amide bonds. The predicted octanol–water partition coefficient (Wildman–Crippen LogP) is 1.91. The van der Waals surface area contributed by atoms with Gasteiger partial charge >= 0.3 is 0 Å². The number of rotatable bonds is 4. The molecule has 1 atom stereocenters. The summed E-state index contributed by atoms with van der Waals surface area (Å²) in [7, 11) is 3.28. The summed E-state index contributed by atoms with van der Waals surface area (Å²) < 4.78 is 10.6. The van der Waals surface area contributed by atoms with Crippen LogP contribution in [0.1, 0.15) is 25.3 Å². The van der Waals surface area contributed by atoms with Crippen molar-refractivity contribution < 1.29 is 14.3 Å². The van der Waals surface area contributed by atoms with Gasteiger partial charge in [-0.15, -0.1) is 0 Å². The van der Waals surface area contributed by atoms with E-state index in [9.17, 15) is 4.79 Å². The van der Waals surface area contributed by atoms with Gasteiger partial charge in [0.1, 0.15) is 11.5 Å². The van der Waals surface area contributed by atoms with Crippen LogP contribution >= 0.6 is 0 Å². The van der Waals surface area contributed by atoms with Crippen molar-refractivity contribution >= 4 is 5.91 Å². The highest BCUT2D eigenvalue weighted by Gasteiger charge is 2.33. The normalized spacial score (nSPS) is 22.7. The number of nitrogens with one attached hydrogen (secondary N) is 1. The molecule has 0 aliphatic carbocycles. The molecule has 4 nitrogen and oxygen atoms in total. The lowest BCUT2D eigenvalue weighted by Gasteiger charge is -2.25. The molecule has 1 saturated heterocycles. The van der Waals surface area contributed by atoms with Gasteiger partial charge in [-0.2, -0.15) is 0 Å². The first-order valence-corrected chi connectivity index (χ1v) is 6.08. The van der Waals surface area contributed by atoms with E-state index in [1.807, 2.05) is 18.2 Å². The molecule has 1 unspecified atom stereocenters. The number of methoxy groups -OCH3 is 2. The lowest BCUT2D eigenvalue weighted by molar-refractivity contribution is -0.119. The number of ether oxygens (including phenoxy) is 2. The summed E-state index contributed by atoms with van der Waals surface area (Å²) in [5, 5.41) is 3.03. The second kappa shape index (κ2) is 4.88. The van der Waals surface area contributed by atoms with Crippen molar-refractivity contribution in [3.05, 3.63) is 23.8 Å². The Morgan fingerprint density at radius 2 is 2.11 bits per heavy atom. The monoisotopic (exact) mass is 249 g/mol. The molecule has 0 bridgehead atoms. The summed E-state index contributed by atoms with van der Waals surface area (Å²) in [5.74, 6) is 1.71. The second-order valence-electron chi connectivity index (χ2n) is 4.96. The minimum Gasteiger partial charge on any atom is -0.497 e. The second-order valence-corrected chi connectivity index (χ2v) is 4.96. The summed E-state index contributed by atoms with van der Waals surface area (Å²) in [6, 6.07) is 5.78. The quantitative estimate of drug-likeness (QED) is 0.886. The third-order valence-electron chi connectivity index (χ3n) is 3.42. The van der Waals surface area contributed by atoms with Crippen LogP contribution in [-0.2, 0) is 11.2 Å². The molecule has 1 aromatic rings. The molecule has 18 heavy (non-hydrogen) atoms. The van der Waals surface area contributed by atoms with Crippen LogP contribution in [0.15, 0.2) is 18.2 Å². The standard InChI is InChI=1S/C14H19NO3/c1-14(7-6-13(16)15-14)9-10-4-5-11(17-2)8-12(10)18-3/h4-5,8H,6-7,9H2,1-3H3,(H,15,16). The molecule has 1 aliphatic rings. The van der Waals surface area contributed by atoms with E-state index in [1.165, 1.54) is 0 Å². The van der Waals surface area contributed by atoms with E-state index in [4.69, 9.17) is 9.47 Å². The molecule has 4 heteroatoms. The molecule has 1 aliphatic heterocycles. The van der Waals surface area contributed by atoms with Gasteiger partial charge in [0.05, 0.1) is 14.2 Å². The lowest BCUT2D eigenvalue weighted by atomic mass is 9.91. The summed E-state index contributed by atoms with van der Waals surface area (Å²) in [5.41, 5.74) is 0.918. The number of carbonyl (C=O) groups excluding carboxylic acids is 1. The summed E-state index contributed by atoms with van der Waals surface area (Å²) in [6.45, 7) is 2.07. The Morgan fingerprint density at radius 3 is 2.67 bits per heavy atom. The van der Waals surface area contributed by atoms with Crippen LogP contribution in [0.4, 0.5) is 0 Å². The highest BCUT2D eigenvalue weighted by atomic mass is 16.5. The fourth-order valence-electron chi connectivity index (χ4n) is 2.40. The summed E-state index contributed by atoms with van der Waals surface area (Å²) in [4.78, 5) is 11.3. The molecule has 0 spiro atoms. The van der Waals surface area contributed by atoms with Crippen molar-refractivity contribution in [2.75, 3.05) is 14.2 Å². The van der Waals surface area contributed by atoms with E-state index in [2.05, 4.69) is 12.2 Å². The minimum absolute atomic E-state index is 0.130. The largest absolute Gasteiger partial charge is 0.497 e. The van der Waals surface area contributed by atoms with Crippen LogP contribution in [0.25, 0.3) is 0 Å². The van der Waals surface area contributed by atoms with Gasteiger partial charge in [-0.25, -0.2) is 0 Å². The molecule has 98 valence electrons. The van der Waals surface area contributed by atoms with Crippen LogP contribution in [0.2, 0.25) is 0 Å². The molecule has 1 aromatic carbocycles. The third-order valence-corrected chi connectivity index (χ3v) is 3.42. The molecule has 1 N–H and O–H groups in total. The summed E-state index contributed by atoms with van der Waals surface area (Å²) in [6.07, 6.45) is 2.24. The maximum Gasteiger partial charge on any atom is 0.220 e. The molecule has 0 saturated carbocycles. The molecular formula is C14H19NO3. The predicted molar refractivity (Wildman–Crippen MR) is 69.0 cm³/mol. The Morgan fingerprint density at radius 1 is 1.33 bits per heavy atom.